The third-order valence-electron chi connectivity index (χ3n) is 2.82. The Balaban J connectivity index is 2.17. The highest BCUT2D eigenvalue weighted by Crippen LogP contribution is 2.33. The van der Waals surface area contributed by atoms with E-state index in [0.29, 0.717) is 6.54 Å². The minimum atomic E-state index is 0.713. The Labute approximate surface area is 130 Å². The van der Waals surface area contributed by atoms with Gasteiger partial charge in [0.15, 0.2) is 0 Å². The molecule has 2 nitrogen and oxygen atoms in total. The molecule has 2 rings (SSSR count). The van der Waals surface area contributed by atoms with Crippen molar-refractivity contribution in [1.82, 2.24) is 0 Å². The molecule has 0 aromatic heterocycles. The second-order valence-electron chi connectivity index (χ2n) is 4.30. The molecular formula is C15H15Br2NO. The summed E-state index contributed by atoms with van der Waals surface area (Å²) in [5.74, 6) is 0.864. The van der Waals surface area contributed by atoms with E-state index < -0.39 is 0 Å². The molecule has 2 aromatic carbocycles. The van der Waals surface area contributed by atoms with Crippen LogP contribution in [0.5, 0.6) is 5.75 Å². The van der Waals surface area contributed by atoms with E-state index in [9.17, 15) is 0 Å². The standard InChI is InChI=1S/C15H15Br2NO/c1-10-3-5-13(6-4-10)18-9-11-7-12(16)8-14(17)15(11)19-2/h3-8,18H,9H2,1-2H3. The summed E-state index contributed by atoms with van der Waals surface area (Å²) in [7, 11) is 1.68. The number of anilines is 1. The fourth-order valence-corrected chi connectivity index (χ4v) is 3.32. The number of rotatable bonds is 4. The molecule has 0 saturated heterocycles. The smallest absolute Gasteiger partial charge is 0.138 e. The first kappa shape index (κ1) is 14.4. The van der Waals surface area contributed by atoms with Crippen LogP contribution in [0.25, 0.3) is 0 Å². The van der Waals surface area contributed by atoms with Crippen molar-refractivity contribution in [2.75, 3.05) is 12.4 Å². The van der Waals surface area contributed by atoms with Crippen LogP contribution in [-0.4, -0.2) is 7.11 Å². The van der Waals surface area contributed by atoms with Gasteiger partial charge in [-0.3, -0.25) is 0 Å². The number of methoxy groups -OCH3 is 1. The first-order chi connectivity index (χ1) is 9.10. The van der Waals surface area contributed by atoms with E-state index in [-0.39, 0.29) is 0 Å². The van der Waals surface area contributed by atoms with E-state index in [1.807, 2.05) is 6.07 Å². The second-order valence-corrected chi connectivity index (χ2v) is 6.07. The van der Waals surface area contributed by atoms with Gasteiger partial charge in [0.2, 0.25) is 0 Å². The minimum absolute atomic E-state index is 0.713. The molecule has 0 aliphatic rings. The normalized spacial score (nSPS) is 10.3. The molecule has 0 atom stereocenters. The Hall–Kier alpha value is -1.00. The fourth-order valence-electron chi connectivity index (χ4n) is 1.84. The van der Waals surface area contributed by atoms with Crippen LogP contribution in [0.4, 0.5) is 5.69 Å². The Morgan fingerprint density at radius 3 is 2.42 bits per heavy atom. The third kappa shape index (κ3) is 3.74. The van der Waals surface area contributed by atoms with E-state index in [1.54, 1.807) is 7.11 Å². The van der Waals surface area contributed by atoms with Crippen molar-refractivity contribution in [1.29, 1.82) is 0 Å². The summed E-state index contributed by atoms with van der Waals surface area (Å²) in [5.41, 5.74) is 3.46. The number of nitrogens with one attached hydrogen (secondary N) is 1. The predicted octanol–water partition coefficient (Wildman–Crippen LogP) is 5.14. The summed E-state index contributed by atoms with van der Waals surface area (Å²) < 4.78 is 7.41. The van der Waals surface area contributed by atoms with Gasteiger partial charge in [-0.1, -0.05) is 33.6 Å². The molecule has 0 heterocycles. The van der Waals surface area contributed by atoms with Crippen LogP contribution in [0.2, 0.25) is 0 Å². The van der Waals surface area contributed by atoms with Gasteiger partial charge in [-0.25, -0.2) is 0 Å². The van der Waals surface area contributed by atoms with Crippen LogP contribution >= 0.6 is 31.9 Å². The van der Waals surface area contributed by atoms with Crippen molar-refractivity contribution in [3.8, 4) is 5.75 Å². The van der Waals surface area contributed by atoms with Gasteiger partial charge in [0.25, 0.3) is 0 Å². The zero-order valence-corrected chi connectivity index (χ0v) is 14.0. The van der Waals surface area contributed by atoms with Crippen molar-refractivity contribution in [2.45, 2.75) is 13.5 Å². The summed E-state index contributed by atoms with van der Waals surface area (Å²) in [5, 5.41) is 3.40. The van der Waals surface area contributed by atoms with Crippen molar-refractivity contribution in [3.63, 3.8) is 0 Å². The lowest BCUT2D eigenvalue weighted by atomic mass is 10.2. The van der Waals surface area contributed by atoms with Crippen LogP contribution in [0.1, 0.15) is 11.1 Å². The molecule has 0 spiro atoms. The van der Waals surface area contributed by atoms with Gasteiger partial charge in [0.05, 0.1) is 11.6 Å². The van der Waals surface area contributed by atoms with Crippen LogP contribution in [0.15, 0.2) is 45.3 Å². The summed E-state index contributed by atoms with van der Waals surface area (Å²) in [6, 6.07) is 12.4. The van der Waals surface area contributed by atoms with Crippen molar-refractivity contribution >= 4 is 37.5 Å². The maximum absolute atomic E-state index is 5.43. The van der Waals surface area contributed by atoms with Gasteiger partial charge in [0, 0.05) is 22.3 Å². The second kappa shape index (κ2) is 6.44. The number of ether oxygens (including phenoxy) is 1. The van der Waals surface area contributed by atoms with Gasteiger partial charge < -0.3 is 10.1 Å². The summed E-state index contributed by atoms with van der Waals surface area (Å²) in [6.45, 7) is 2.79. The first-order valence-electron chi connectivity index (χ1n) is 5.92. The number of hydrogen-bond acceptors (Lipinski definition) is 2. The molecule has 0 amide bonds. The van der Waals surface area contributed by atoms with Gasteiger partial charge in [0.1, 0.15) is 5.75 Å². The largest absolute Gasteiger partial charge is 0.495 e. The van der Waals surface area contributed by atoms with E-state index in [0.717, 1.165) is 25.9 Å². The molecule has 4 heteroatoms. The Kier molecular flexibility index (Phi) is 4.88. The maximum atomic E-state index is 5.43. The van der Waals surface area contributed by atoms with Gasteiger partial charge in [-0.05, 0) is 47.1 Å². The average molecular weight is 385 g/mol. The monoisotopic (exact) mass is 383 g/mol. The lowest BCUT2D eigenvalue weighted by Gasteiger charge is -2.13. The van der Waals surface area contributed by atoms with Crippen LogP contribution < -0.4 is 10.1 Å². The number of benzene rings is 2. The van der Waals surface area contributed by atoms with E-state index in [1.165, 1.54) is 5.56 Å². The zero-order valence-electron chi connectivity index (χ0n) is 10.8. The zero-order chi connectivity index (χ0) is 13.8. The molecule has 0 saturated carbocycles. The van der Waals surface area contributed by atoms with Crippen molar-refractivity contribution in [2.24, 2.45) is 0 Å². The molecule has 19 heavy (non-hydrogen) atoms. The average Bonchev–Trinajstić information content (AvgIpc) is 2.37. The Morgan fingerprint density at radius 1 is 1.11 bits per heavy atom. The van der Waals surface area contributed by atoms with E-state index >= 15 is 0 Å². The highest BCUT2D eigenvalue weighted by atomic mass is 79.9. The van der Waals surface area contributed by atoms with Crippen molar-refractivity contribution < 1.29 is 4.74 Å². The highest BCUT2D eigenvalue weighted by molar-refractivity contribution is 9.11. The van der Waals surface area contributed by atoms with Gasteiger partial charge >= 0.3 is 0 Å². The molecule has 100 valence electrons. The maximum Gasteiger partial charge on any atom is 0.138 e. The number of hydrogen-bond donors (Lipinski definition) is 1. The van der Waals surface area contributed by atoms with Gasteiger partial charge in [-0.2, -0.15) is 0 Å². The lowest BCUT2D eigenvalue weighted by molar-refractivity contribution is 0.407. The molecule has 0 aliphatic carbocycles. The van der Waals surface area contributed by atoms with Crippen molar-refractivity contribution in [3.05, 3.63) is 56.5 Å². The quantitative estimate of drug-likeness (QED) is 0.787. The molecule has 0 fully saturated rings. The highest BCUT2D eigenvalue weighted by Gasteiger charge is 2.09. The molecular weight excluding hydrogens is 370 g/mol. The van der Waals surface area contributed by atoms with E-state index in [2.05, 4.69) is 74.4 Å². The van der Waals surface area contributed by atoms with Crippen LogP contribution in [0.3, 0.4) is 0 Å². The van der Waals surface area contributed by atoms with Crippen LogP contribution in [-0.2, 0) is 6.54 Å². The molecule has 0 aliphatic heterocycles. The number of halogens is 2. The summed E-state index contributed by atoms with van der Waals surface area (Å²) in [6.07, 6.45) is 0. The predicted molar refractivity (Wildman–Crippen MR) is 86.9 cm³/mol. The topological polar surface area (TPSA) is 21.3 Å². The summed E-state index contributed by atoms with van der Waals surface area (Å²) >= 11 is 7.01. The third-order valence-corrected chi connectivity index (χ3v) is 3.87. The summed E-state index contributed by atoms with van der Waals surface area (Å²) in [4.78, 5) is 0. The fraction of sp³-hybridized carbons (Fsp3) is 0.200. The SMILES string of the molecule is COc1c(Br)cc(Br)cc1CNc1ccc(C)cc1. The molecule has 1 N–H and O–H groups in total. The Morgan fingerprint density at radius 2 is 1.79 bits per heavy atom. The van der Waals surface area contributed by atoms with Gasteiger partial charge in [-0.15, -0.1) is 0 Å². The molecule has 0 radical (unpaired) electrons. The van der Waals surface area contributed by atoms with Crippen LogP contribution in [0, 0.1) is 6.92 Å². The van der Waals surface area contributed by atoms with E-state index in [4.69, 9.17) is 4.74 Å². The minimum Gasteiger partial charge on any atom is -0.495 e. The molecule has 0 unspecified atom stereocenters. The molecule has 2 aromatic rings. The first-order valence-corrected chi connectivity index (χ1v) is 7.51. The number of aryl methyl sites for hydroxylation is 1. The Bertz CT molecular complexity index is 567. The molecule has 0 bridgehead atoms. The lowest BCUT2D eigenvalue weighted by Crippen LogP contribution is -2.02.